The van der Waals surface area contributed by atoms with E-state index in [1.165, 1.54) is 0 Å². The minimum absolute atomic E-state index is 0.139. The Bertz CT molecular complexity index is 1580. The minimum atomic E-state index is -0.145. The summed E-state index contributed by atoms with van der Waals surface area (Å²) in [6.45, 7) is 2.02. The molecule has 0 radical (unpaired) electrons. The molecule has 1 heterocycles. The lowest BCUT2D eigenvalue weighted by Gasteiger charge is -2.22. The molecule has 158 valence electrons. The first-order valence-electron chi connectivity index (χ1n) is 10.9. The smallest absolute Gasteiger partial charge is 0.196 e. The number of hydrogen-bond acceptors (Lipinski definition) is 3. The maximum absolute atomic E-state index is 13.7. The van der Waals surface area contributed by atoms with Gasteiger partial charge in [-0.2, -0.15) is 0 Å². The Kier molecular flexibility index (Phi) is 4.27. The average molecular weight is 428 g/mol. The topological polar surface area (TPSA) is 62.0 Å². The van der Waals surface area contributed by atoms with E-state index < -0.39 is 0 Å². The van der Waals surface area contributed by atoms with Crippen molar-refractivity contribution in [3.8, 4) is 11.3 Å². The second-order valence-electron chi connectivity index (χ2n) is 8.39. The van der Waals surface area contributed by atoms with Crippen LogP contribution in [0.25, 0.3) is 22.2 Å². The number of carbonyl (C=O) groups excluding carboxylic acids is 2. The first-order chi connectivity index (χ1) is 16.1. The van der Waals surface area contributed by atoms with Crippen LogP contribution in [0.15, 0.2) is 91.0 Å². The van der Waals surface area contributed by atoms with E-state index in [1.54, 1.807) is 24.3 Å². The molecule has 5 aromatic rings. The molecule has 2 N–H and O–H groups in total. The van der Waals surface area contributed by atoms with Crippen molar-refractivity contribution >= 4 is 33.8 Å². The lowest BCUT2D eigenvalue weighted by Crippen LogP contribution is -2.22. The molecule has 6 rings (SSSR count). The van der Waals surface area contributed by atoms with Gasteiger partial charge >= 0.3 is 0 Å². The molecule has 1 aromatic heterocycles. The van der Waals surface area contributed by atoms with Gasteiger partial charge in [0, 0.05) is 27.9 Å². The molecule has 0 aliphatic heterocycles. The SMILES string of the molecule is Cc1cccc(Nc2cc3cc(-c4ccccc4)[nH]c3c3c2C(=O)c2ccccc2C3=O)c1. The Morgan fingerprint density at radius 2 is 1.39 bits per heavy atom. The summed E-state index contributed by atoms with van der Waals surface area (Å²) in [5.41, 5.74) is 6.94. The first-order valence-corrected chi connectivity index (χ1v) is 10.9. The average Bonchev–Trinajstić information content (AvgIpc) is 3.26. The van der Waals surface area contributed by atoms with Crippen molar-refractivity contribution in [2.75, 3.05) is 5.32 Å². The van der Waals surface area contributed by atoms with Crippen molar-refractivity contribution in [3.63, 3.8) is 0 Å². The molecule has 0 atom stereocenters. The van der Waals surface area contributed by atoms with Gasteiger partial charge in [-0.1, -0.05) is 66.7 Å². The third-order valence-electron chi connectivity index (χ3n) is 6.17. The maximum atomic E-state index is 13.7. The highest BCUT2D eigenvalue weighted by atomic mass is 16.1. The number of rotatable bonds is 3. The minimum Gasteiger partial charge on any atom is -0.355 e. The van der Waals surface area contributed by atoms with E-state index in [2.05, 4.69) is 10.3 Å². The Labute approximate surface area is 190 Å². The summed E-state index contributed by atoms with van der Waals surface area (Å²) in [6.07, 6.45) is 0. The van der Waals surface area contributed by atoms with Crippen LogP contribution in [0.4, 0.5) is 11.4 Å². The maximum Gasteiger partial charge on any atom is 0.196 e. The van der Waals surface area contributed by atoms with E-state index in [0.717, 1.165) is 27.9 Å². The number of aromatic amines is 1. The van der Waals surface area contributed by atoms with E-state index in [0.29, 0.717) is 33.5 Å². The summed E-state index contributed by atoms with van der Waals surface area (Å²) < 4.78 is 0. The zero-order valence-electron chi connectivity index (χ0n) is 18.0. The van der Waals surface area contributed by atoms with Crippen molar-refractivity contribution in [2.24, 2.45) is 0 Å². The van der Waals surface area contributed by atoms with Crippen LogP contribution in [-0.2, 0) is 0 Å². The van der Waals surface area contributed by atoms with Gasteiger partial charge in [0.05, 0.1) is 22.3 Å². The highest BCUT2D eigenvalue weighted by Gasteiger charge is 2.34. The molecule has 0 saturated carbocycles. The molecule has 4 aromatic carbocycles. The lowest BCUT2D eigenvalue weighted by molar-refractivity contribution is 0.0981. The van der Waals surface area contributed by atoms with Crippen LogP contribution in [0.3, 0.4) is 0 Å². The Hall–Kier alpha value is -4.44. The van der Waals surface area contributed by atoms with E-state index in [1.807, 2.05) is 73.7 Å². The molecule has 1 aliphatic carbocycles. The van der Waals surface area contributed by atoms with Gasteiger partial charge in [-0.3, -0.25) is 9.59 Å². The molecule has 0 spiro atoms. The van der Waals surface area contributed by atoms with Gasteiger partial charge in [-0.25, -0.2) is 0 Å². The Balaban J connectivity index is 1.63. The number of hydrogen-bond donors (Lipinski definition) is 2. The second-order valence-corrected chi connectivity index (χ2v) is 8.39. The highest BCUT2D eigenvalue weighted by Crippen LogP contribution is 2.39. The van der Waals surface area contributed by atoms with Gasteiger partial charge in [0.25, 0.3) is 0 Å². The van der Waals surface area contributed by atoms with Gasteiger partial charge in [-0.05, 0) is 42.3 Å². The standard InChI is InChI=1S/C29H20N2O2/c1-17-8-7-11-20(14-17)30-24-16-19-15-23(18-9-3-2-4-10-18)31-27(19)26-25(24)28(32)21-12-5-6-13-22(21)29(26)33/h2-16,30-31H,1H3. The quantitative estimate of drug-likeness (QED) is 0.331. The Morgan fingerprint density at radius 1 is 0.697 bits per heavy atom. The number of ketones is 2. The predicted molar refractivity (Wildman–Crippen MR) is 132 cm³/mol. The number of anilines is 2. The summed E-state index contributed by atoms with van der Waals surface area (Å²) in [4.78, 5) is 30.7. The fraction of sp³-hybridized carbons (Fsp3) is 0.0345. The van der Waals surface area contributed by atoms with Crippen LogP contribution in [0.5, 0.6) is 0 Å². The predicted octanol–water partition coefficient (Wildman–Crippen LogP) is 6.66. The fourth-order valence-electron chi connectivity index (χ4n) is 4.64. The summed E-state index contributed by atoms with van der Waals surface area (Å²) in [5, 5.41) is 4.29. The van der Waals surface area contributed by atoms with Crippen molar-refractivity contribution in [3.05, 3.63) is 119 Å². The van der Waals surface area contributed by atoms with Crippen molar-refractivity contribution < 1.29 is 9.59 Å². The van der Waals surface area contributed by atoms with E-state index in [9.17, 15) is 9.59 Å². The van der Waals surface area contributed by atoms with Gasteiger partial charge in [0.2, 0.25) is 0 Å². The largest absolute Gasteiger partial charge is 0.355 e. The molecule has 0 amide bonds. The molecular weight excluding hydrogens is 408 g/mol. The molecular formula is C29H20N2O2. The second kappa shape index (κ2) is 7.31. The van der Waals surface area contributed by atoms with Crippen molar-refractivity contribution in [1.29, 1.82) is 0 Å². The number of fused-ring (bicyclic) bond motifs is 4. The molecule has 0 saturated heterocycles. The highest BCUT2D eigenvalue weighted by molar-refractivity contribution is 6.33. The van der Waals surface area contributed by atoms with Crippen molar-refractivity contribution in [1.82, 2.24) is 4.98 Å². The van der Waals surface area contributed by atoms with Crippen LogP contribution >= 0.6 is 0 Å². The molecule has 0 bridgehead atoms. The van der Waals surface area contributed by atoms with Gasteiger partial charge in [0.15, 0.2) is 11.6 Å². The normalized spacial score (nSPS) is 12.5. The zero-order chi connectivity index (χ0) is 22.5. The van der Waals surface area contributed by atoms with Crippen molar-refractivity contribution in [2.45, 2.75) is 6.92 Å². The summed E-state index contributed by atoms with van der Waals surface area (Å²) in [6, 6.07) is 29.0. The molecule has 33 heavy (non-hydrogen) atoms. The van der Waals surface area contributed by atoms with Crippen LogP contribution in [0.1, 0.15) is 37.4 Å². The number of aromatic nitrogens is 1. The van der Waals surface area contributed by atoms with Crippen LogP contribution in [0, 0.1) is 6.92 Å². The molecule has 1 aliphatic rings. The van der Waals surface area contributed by atoms with Crippen LogP contribution in [0.2, 0.25) is 0 Å². The van der Waals surface area contributed by atoms with E-state index in [4.69, 9.17) is 0 Å². The third kappa shape index (κ3) is 3.07. The monoisotopic (exact) mass is 428 g/mol. The van der Waals surface area contributed by atoms with Crippen LogP contribution in [-0.4, -0.2) is 16.6 Å². The molecule has 0 unspecified atom stereocenters. The summed E-state index contributed by atoms with van der Waals surface area (Å²) in [5.74, 6) is -0.285. The number of H-pyrrole nitrogens is 1. The van der Waals surface area contributed by atoms with Gasteiger partial charge in [-0.15, -0.1) is 0 Å². The molecule has 0 fully saturated rings. The lowest BCUT2D eigenvalue weighted by atomic mass is 9.82. The van der Waals surface area contributed by atoms with Gasteiger partial charge < -0.3 is 10.3 Å². The molecule has 4 nitrogen and oxygen atoms in total. The van der Waals surface area contributed by atoms with Crippen LogP contribution < -0.4 is 5.32 Å². The first kappa shape index (κ1) is 19.3. The zero-order valence-corrected chi connectivity index (χ0v) is 18.0. The third-order valence-corrected chi connectivity index (χ3v) is 6.17. The number of carbonyl (C=O) groups is 2. The summed E-state index contributed by atoms with van der Waals surface area (Å²) in [7, 11) is 0. The summed E-state index contributed by atoms with van der Waals surface area (Å²) >= 11 is 0. The molecule has 4 heteroatoms. The van der Waals surface area contributed by atoms with E-state index >= 15 is 0 Å². The number of aryl methyl sites for hydroxylation is 1. The number of benzene rings is 4. The Morgan fingerprint density at radius 3 is 2.12 bits per heavy atom. The fourth-order valence-corrected chi connectivity index (χ4v) is 4.64. The van der Waals surface area contributed by atoms with Gasteiger partial charge in [0.1, 0.15) is 0 Å². The van der Waals surface area contributed by atoms with E-state index in [-0.39, 0.29) is 11.6 Å². The number of nitrogens with one attached hydrogen (secondary N) is 2.